The lowest BCUT2D eigenvalue weighted by Crippen LogP contribution is -2.04. The number of rotatable bonds is 6. The summed E-state index contributed by atoms with van der Waals surface area (Å²) in [7, 11) is 0. The second-order valence-electron chi connectivity index (χ2n) is 7.48. The van der Waals surface area contributed by atoms with Gasteiger partial charge in [0.1, 0.15) is 23.0 Å². The first-order chi connectivity index (χ1) is 17.4. The normalized spacial score (nSPS) is 10.7. The summed E-state index contributed by atoms with van der Waals surface area (Å²) in [6.45, 7) is 0. The van der Waals surface area contributed by atoms with Crippen LogP contribution in [0.1, 0.15) is 0 Å². The number of nitrogen functional groups attached to an aromatic ring is 4. The summed E-state index contributed by atoms with van der Waals surface area (Å²) in [4.78, 5) is 23.9. The Balaban J connectivity index is 1.22. The van der Waals surface area contributed by atoms with E-state index in [0.29, 0.717) is 34.6 Å². The maximum Gasteiger partial charge on any atom is 0.225 e. The van der Waals surface area contributed by atoms with Crippen molar-refractivity contribution in [2.45, 2.75) is 0 Å². The van der Waals surface area contributed by atoms with E-state index in [9.17, 15) is 0 Å². The average molecular weight is 480 g/mol. The molecule has 12 heteroatoms. The summed E-state index contributed by atoms with van der Waals surface area (Å²) in [5.41, 5.74) is 24.0. The van der Waals surface area contributed by atoms with Crippen LogP contribution in [0.3, 0.4) is 0 Å². The quantitative estimate of drug-likeness (QED) is 0.277. The number of hydrogen-bond acceptors (Lipinski definition) is 12. The lowest BCUT2D eigenvalue weighted by molar-refractivity contribution is 0.469. The predicted molar refractivity (Wildman–Crippen MR) is 135 cm³/mol. The number of aromatic nitrogens is 6. The number of hydrogen-bond donors (Lipinski definition) is 4. The second-order valence-corrected chi connectivity index (χ2v) is 7.48. The van der Waals surface area contributed by atoms with Crippen LogP contribution < -0.4 is 32.4 Å². The molecule has 0 aliphatic rings. The predicted octanol–water partition coefficient (Wildman–Crippen LogP) is 3.30. The minimum Gasteiger partial charge on any atom is -0.457 e. The Morgan fingerprint density at radius 3 is 0.889 bits per heavy atom. The van der Waals surface area contributed by atoms with E-state index in [-0.39, 0.29) is 23.8 Å². The molecule has 0 aliphatic heterocycles. The van der Waals surface area contributed by atoms with Crippen LogP contribution in [0.25, 0.3) is 22.8 Å². The fourth-order valence-corrected chi connectivity index (χ4v) is 3.27. The molecule has 0 amide bonds. The van der Waals surface area contributed by atoms with Gasteiger partial charge in [-0.15, -0.1) is 0 Å². The summed E-state index contributed by atoms with van der Waals surface area (Å²) >= 11 is 0. The van der Waals surface area contributed by atoms with E-state index in [0.717, 1.165) is 11.1 Å². The Labute approximate surface area is 205 Å². The van der Waals surface area contributed by atoms with Crippen LogP contribution in [0, 0.1) is 0 Å². The molecule has 0 unspecified atom stereocenters. The third kappa shape index (κ3) is 5.17. The van der Waals surface area contributed by atoms with Crippen molar-refractivity contribution in [2.75, 3.05) is 22.9 Å². The summed E-state index contributed by atoms with van der Waals surface area (Å²) in [5.74, 6) is 3.60. The van der Waals surface area contributed by atoms with Crippen LogP contribution in [0.5, 0.6) is 23.0 Å². The molecular weight excluding hydrogens is 460 g/mol. The number of nitrogens with two attached hydrogens (primary N) is 4. The number of ether oxygens (including phenoxy) is 2. The van der Waals surface area contributed by atoms with E-state index in [4.69, 9.17) is 32.4 Å². The van der Waals surface area contributed by atoms with Gasteiger partial charge in [0.25, 0.3) is 0 Å². The van der Waals surface area contributed by atoms with Gasteiger partial charge in [0.15, 0.2) is 11.6 Å². The Bertz CT molecular complexity index is 1350. The highest BCUT2D eigenvalue weighted by Gasteiger charge is 2.08. The maximum atomic E-state index is 5.91. The Hall–Kier alpha value is -5.52. The molecule has 0 radical (unpaired) electrons. The average Bonchev–Trinajstić information content (AvgIpc) is 2.85. The van der Waals surface area contributed by atoms with Crippen molar-refractivity contribution in [3.63, 3.8) is 0 Å². The molecule has 0 saturated heterocycles. The monoisotopic (exact) mass is 480 g/mol. The summed E-state index contributed by atoms with van der Waals surface area (Å²) in [6, 6.07) is 21.7. The Morgan fingerprint density at radius 2 is 0.611 bits per heavy atom. The molecule has 0 spiro atoms. The number of benzene rings is 3. The molecule has 8 N–H and O–H groups in total. The highest BCUT2D eigenvalue weighted by molar-refractivity contribution is 5.59. The molecule has 5 rings (SSSR count). The highest BCUT2D eigenvalue weighted by Crippen LogP contribution is 2.29. The van der Waals surface area contributed by atoms with Gasteiger partial charge in [-0.05, 0) is 72.8 Å². The third-order valence-corrected chi connectivity index (χ3v) is 4.86. The Kier molecular flexibility index (Phi) is 5.81. The SMILES string of the molecule is Nc1nc(N)nc(-c2ccc(Oc3ccc(Oc4ccc(-c5nc(N)nc(N)n5)cc4)cc3)cc2)n1. The van der Waals surface area contributed by atoms with E-state index in [1.165, 1.54) is 0 Å². The number of nitrogens with zero attached hydrogens (tertiary/aromatic N) is 6. The molecule has 0 atom stereocenters. The first kappa shape index (κ1) is 22.3. The standard InChI is InChI=1S/C24H20N10O2/c25-21-29-19(30-22(26)33-21)13-1-5-15(6-2-13)35-17-9-11-18(12-10-17)36-16-7-3-14(4-8-16)20-31-23(27)34-24(28)32-20/h1-12H,(H4,25,26,29,30,33)(H4,27,28,31,32,34). The lowest BCUT2D eigenvalue weighted by Gasteiger charge is -2.09. The van der Waals surface area contributed by atoms with Crippen molar-refractivity contribution in [1.82, 2.24) is 29.9 Å². The van der Waals surface area contributed by atoms with Crippen molar-refractivity contribution >= 4 is 23.8 Å². The van der Waals surface area contributed by atoms with E-state index in [1.54, 1.807) is 48.5 Å². The van der Waals surface area contributed by atoms with Crippen molar-refractivity contribution in [3.8, 4) is 45.8 Å². The zero-order valence-corrected chi connectivity index (χ0v) is 18.7. The number of anilines is 4. The van der Waals surface area contributed by atoms with Crippen LogP contribution in [-0.4, -0.2) is 29.9 Å². The Morgan fingerprint density at radius 1 is 0.361 bits per heavy atom. The largest absolute Gasteiger partial charge is 0.457 e. The minimum absolute atomic E-state index is 0.0641. The summed E-state index contributed by atoms with van der Waals surface area (Å²) < 4.78 is 11.8. The van der Waals surface area contributed by atoms with Crippen LogP contribution >= 0.6 is 0 Å². The van der Waals surface area contributed by atoms with E-state index < -0.39 is 0 Å². The van der Waals surface area contributed by atoms with Gasteiger partial charge in [0.2, 0.25) is 23.8 Å². The van der Waals surface area contributed by atoms with Crippen molar-refractivity contribution in [2.24, 2.45) is 0 Å². The van der Waals surface area contributed by atoms with Crippen LogP contribution in [0.15, 0.2) is 72.8 Å². The molecular formula is C24H20N10O2. The molecule has 0 saturated carbocycles. The van der Waals surface area contributed by atoms with E-state index >= 15 is 0 Å². The first-order valence-corrected chi connectivity index (χ1v) is 10.6. The van der Waals surface area contributed by atoms with E-state index in [2.05, 4.69) is 29.9 Å². The van der Waals surface area contributed by atoms with E-state index in [1.807, 2.05) is 24.3 Å². The minimum atomic E-state index is 0.0641. The molecule has 178 valence electrons. The highest BCUT2D eigenvalue weighted by atomic mass is 16.5. The van der Waals surface area contributed by atoms with Gasteiger partial charge >= 0.3 is 0 Å². The molecule has 0 aliphatic carbocycles. The van der Waals surface area contributed by atoms with Crippen molar-refractivity contribution in [1.29, 1.82) is 0 Å². The molecule has 2 aromatic heterocycles. The zero-order valence-electron chi connectivity index (χ0n) is 18.7. The van der Waals surface area contributed by atoms with Crippen LogP contribution in [0.4, 0.5) is 23.8 Å². The van der Waals surface area contributed by atoms with Gasteiger partial charge in [-0.2, -0.15) is 29.9 Å². The smallest absolute Gasteiger partial charge is 0.225 e. The van der Waals surface area contributed by atoms with Gasteiger partial charge in [-0.3, -0.25) is 0 Å². The van der Waals surface area contributed by atoms with Gasteiger partial charge in [-0.1, -0.05) is 0 Å². The molecule has 3 aromatic carbocycles. The second kappa shape index (κ2) is 9.38. The van der Waals surface area contributed by atoms with Crippen LogP contribution in [-0.2, 0) is 0 Å². The molecule has 0 fully saturated rings. The first-order valence-electron chi connectivity index (χ1n) is 10.6. The van der Waals surface area contributed by atoms with Gasteiger partial charge in [0, 0.05) is 11.1 Å². The molecule has 2 heterocycles. The van der Waals surface area contributed by atoms with Gasteiger partial charge in [0.05, 0.1) is 0 Å². The molecule has 5 aromatic rings. The fourth-order valence-electron chi connectivity index (χ4n) is 3.27. The zero-order chi connectivity index (χ0) is 25.1. The summed E-state index contributed by atoms with van der Waals surface area (Å²) in [6.07, 6.45) is 0. The summed E-state index contributed by atoms with van der Waals surface area (Å²) in [5, 5.41) is 0. The third-order valence-electron chi connectivity index (χ3n) is 4.86. The van der Waals surface area contributed by atoms with Gasteiger partial charge < -0.3 is 32.4 Å². The molecule has 36 heavy (non-hydrogen) atoms. The fraction of sp³-hybridized carbons (Fsp3) is 0. The topological polar surface area (TPSA) is 200 Å². The van der Waals surface area contributed by atoms with Crippen molar-refractivity contribution in [3.05, 3.63) is 72.8 Å². The maximum absolute atomic E-state index is 5.91. The van der Waals surface area contributed by atoms with Gasteiger partial charge in [-0.25, -0.2) is 0 Å². The molecule has 12 nitrogen and oxygen atoms in total. The van der Waals surface area contributed by atoms with Crippen LogP contribution in [0.2, 0.25) is 0 Å². The van der Waals surface area contributed by atoms with Crippen molar-refractivity contribution < 1.29 is 9.47 Å². The lowest BCUT2D eigenvalue weighted by atomic mass is 10.2. The molecule has 0 bridgehead atoms.